The molecule has 0 aliphatic carbocycles. The number of nitrogens with zero attached hydrogens (tertiary/aromatic N) is 2. The molecule has 1 aromatic carbocycles. The molecule has 0 aliphatic heterocycles. The van der Waals surface area contributed by atoms with E-state index in [0.29, 0.717) is 17.2 Å². The molecule has 0 aliphatic rings. The number of Topliss-reactive ketones (excluding diaryl/α,β-unsaturated/α-hetero) is 1. The largest absolute Gasteiger partial charge is 0.459 e. The van der Waals surface area contributed by atoms with Crippen LogP contribution in [0.15, 0.2) is 56.3 Å². The Hall–Kier alpha value is -2.89. The van der Waals surface area contributed by atoms with Crippen LogP contribution in [0.4, 0.5) is 0 Å². The number of hydrogen-bond donors (Lipinski definition) is 0. The molecular weight excluding hydrogens is 296 g/mol. The third-order valence-corrected chi connectivity index (χ3v) is 3.53. The number of ketones is 1. The van der Waals surface area contributed by atoms with E-state index in [1.165, 1.54) is 6.26 Å². The fraction of sp³-hybridized carbons (Fsp3) is 0.235. The Morgan fingerprint density at radius 3 is 2.57 bits per heavy atom. The summed E-state index contributed by atoms with van der Waals surface area (Å²) in [5.41, 5.74) is 1.68. The molecule has 0 radical (unpaired) electrons. The highest BCUT2D eigenvalue weighted by Crippen LogP contribution is 2.16. The van der Waals surface area contributed by atoms with Crippen LogP contribution in [-0.2, 0) is 6.54 Å². The lowest BCUT2D eigenvalue weighted by Crippen LogP contribution is -2.21. The molecule has 0 bridgehead atoms. The standard InChI is InChI=1S/C17H16N2O4/c1-11(2)12-5-7-13(8-6-12)14(20)10-19-17(21)23-16(18-19)15-4-3-9-22-15/h3-9,11H,10H2,1-2H3. The summed E-state index contributed by atoms with van der Waals surface area (Å²) in [6.07, 6.45) is 1.45. The minimum atomic E-state index is -0.691. The van der Waals surface area contributed by atoms with Crippen LogP contribution in [0.2, 0.25) is 0 Å². The van der Waals surface area contributed by atoms with E-state index in [4.69, 9.17) is 8.83 Å². The summed E-state index contributed by atoms with van der Waals surface area (Å²) < 4.78 is 11.1. The number of furan rings is 1. The van der Waals surface area contributed by atoms with E-state index in [-0.39, 0.29) is 18.2 Å². The summed E-state index contributed by atoms with van der Waals surface area (Å²) in [5.74, 6) is -0.101. The van der Waals surface area contributed by atoms with Crippen molar-refractivity contribution in [2.24, 2.45) is 0 Å². The van der Waals surface area contributed by atoms with E-state index in [1.807, 2.05) is 12.1 Å². The lowest BCUT2D eigenvalue weighted by molar-refractivity contribution is 0.0965. The highest BCUT2D eigenvalue weighted by molar-refractivity contribution is 5.95. The highest BCUT2D eigenvalue weighted by atomic mass is 16.4. The quantitative estimate of drug-likeness (QED) is 0.676. The Morgan fingerprint density at radius 1 is 1.22 bits per heavy atom. The van der Waals surface area contributed by atoms with E-state index in [9.17, 15) is 9.59 Å². The number of aromatic nitrogens is 2. The molecule has 0 N–H and O–H groups in total. The molecule has 0 amide bonds. The van der Waals surface area contributed by atoms with Crippen molar-refractivity contribution in [3.63, 3.8) is 0 Å². The first-order valence-corrected chi connectivity index (χ1v) is 7.29. The monoisotopic (exact) mass is 312 g/mol. The minimum absolute atomic E-state index is 0.0583. The topological polar surface area (TPSA) is 78.2 Å². The lowest BCUT2D eigenvalue weighted by Gasteiger charge is -2.06. The van der Waals surface area contributed by atoms with Gasteiger partial charge in [0.15, 0.2) is 11.5 Å². The molecule has 3 rings (SSSR count). The Bertz CT molecular complexity index is 855. The number of hydrogen-bond acceptors (Lipinski definition) is 5. The Morgan fingerprint density at radius 2 is 1.96 bits per heavy atom. The number of carbonyl (C=O) groups is 1. The van der Waals surface area contributed by atoms with Crippen molar-refractivity contribution in [3.05, 3.63) is 64.3 Å². The van der Waals surface area contributed by atoms with Gasteiger partial charge >= 0.3 is 5.76 Å². The third-order valence-electron chi connectivity index (χ3n) is 3.53. The number of rotatable bonds is 5. The van der Waals surface area contributed by atoms with Crippen LogP contribution in [0.25, 0.3) is 11.7 Å². The Balaban J connectivity index is 1.79. The van der Waals surface area contributed by atoms with Crippen LogP contribution in [0, 0.1) is 0 Å². The number of benzene rings is 1. The zero-order valence-corrected chi connectivity index (χ0v) is 12.9. The van der Waals surface area contributed by atoms with E-state index in [0.717, 1.165) is 10.2 Å². The fourth-order valence-electron chi connectivity index (χ4n) is 2.19. The summed E-state index contributed by atoms with van der Waals surface area (Å²) >= 11 is 0. The molecule has 3 aromatic rings. The van der Waals surface area contributed by atoms with Crippen LogP contribution in [-0.4, -0.2) is 15.6 Å². The van der Waals surface area contributed by atoms with Crippen molar-refractivity contribution in [2.45, 2.75) is 26.3 Å². The van der Waals surface area contributed by atoms with Gasteiger partial charge in [0.2, 0.25) is 0 Å². The van der Waals surface area contributed by atoms with Crippen molar-refractivity contribution in [3.8, 4) is 11.7 Å². The van der Waals surface area contributed by atoms with Gasteiger partial charge in [-0.05, 0) is 23.6 Å². The molecule has 0 saturated heterocycles. The molecule has 2 aromatic heterocycles. The van der Waals surface area contributed by atoms with Crippen molar-refractivity contribution in [1.29, 1.82) is 0 Å². The second kappa shape index (κ2) is 6.08. The van der Waals surface area contributed by atoms with Crippen LogP contribution in [0.3, 0.4) is 0 Å². The maximum Gasteiger partial charge on any atom is 0.437 e. The Kier molecular flexibility index (Phi) is 3.97. The first kappa shape index (κ1) is 15.0. The second-order valence-electron chi connectivity index (χ2n) is 5.51. The fourth-order valence-corrected chi connectivity index (χ4v) is 2.19. The molecule has 118 valence electrons. The first-order valence-electron chi connectivity index (χ1n) is 7.29. The van der Waals surface area contributed by atoms with Gasteiger partial charge in [-0.15, -0.1) is 5.10 Å². The highest BCUT2D eigenvalue weighted by Gasteiger charge is 2.16. The van der Waals surface area contributed by atoms with Crippen molar-refractivity contribution in [2.75, 3.05) is 0 Å². The van der Waals surface area contributed by atoms with Gasteiger partial charge < -0.3 is 8.83 Å². The molecule has 0 unspecified atom stereocenters. The molecule has 6 heteroatoms. The van der Waals surface area contributed by atoms with Gasteiger partial charge in [-0.3, -0.25) is 4.79 Å². The molecule has 0 atom stereocenters. The number of carbonyl (C=O) groups excluding carboxylic acids is 1. The lowest BCUT2D eigenvalue weighted by atomic mass is 10.0. The van der Waals surface area contributed by atoms with Crippen LogP contribution in [0.1, 0.15) is 35.7 Å². The van der Waals surface area contributed by atoms with Gasteiger partial charge in [0, 0.05) is 5.56 Å². The summed E-state index contributed by atoms with van der Waals surface area (Å²) in [7, 11) is 0. The predicted molar refractivity (Wildman–Crippen MR) is 83.3 cm³/mol. The normalized spacial score (nSPS) is 11.1. The molecular formula is C17H16N2O4. The summed E-state index contributed by atoms with van der Waals surface area (Å²) in [5, 5.41) is 3.99. The van der Waals surface area contributed by atoms with Crippen LogP contribution >= 0.6 is 0 Å². The molecule has 23 heavy (non-hydrogen) atoms. The first-order chi connectivity index (χ1) is 11.0. The van der Waals surface area contributed by atoms with E-state index in [1.54, 1.807) is 24.3 Å². The van der Waals surface area contributed by atoms with E-state index >= 15 is 0 Å². The maximum absolute atomic E-state index is 12.3. The summed E-state index contributed by atoms with van der Waals surface area (Å²) in [4.78, 5) is 24.1. The van der Waals surface area contributed by atoms with Crippen molar-refractivity contribution >= 4 is 5.78 Å². The average Bonchev–Trinajstić information content (AvgIpc) is 3.18. The van der Waals surface area contributed by atoms with E-state index in [2.05, 4.69) is 18.9 Å². The smallest absolute Gasteiger partial charge is 0.437 e. The Labute approximate surface area is 132 Å². The second-order valence-corrected chi connectivity index (χ2v) is 5.51. The van der Waals surface area contributed by atoms with Gasteiger partial charge in [0.1, 0.15) is 6.54 Å². The van der Waals surface area contributed by atoms with Crippen LogP contribution < -0.4 is 5.76 Å². The molecule has 0 fully saturated rings. The van der Waals surface area contributed by atoms with Crippen LogP contribution in [0.5, 0.6) is 0 Å². The zero-order chi connectivity index (χ0) is 16.4. The zero-order valence-electron chi connectivity index (χ0n) is 12.9. The maximum atomic E-state index is 12.3. The molecule has 2 heterocycles. The van der Waals surface area contributed by atoms with Gasteiger partial charge in [0.25, 0.3) is 5.89 Å². The minimum Gasteiger partial charge on any atom is -0.459 e. The third kappa shape index (κ3) is 3.15. The summed E-state index contributed by atoms with van der Waals surface area (Å²) in [6.45, 7) is 3.99. The summed E-state index contributed by atoms with van der Waals surface area (Å²) in [6, 6.07) is 10.6. The average molecular weight is 312 g/mol. The van der Waals surface area contributed by atoms with Crippen molar-refractivity contribution in [1.82, 2.24) is 9.78 Å². The van der Waals surface area contributed by atoms with Crippen molar-refractivity contribution < 1.29 is 13.6 Å². The SMILES string of the molecule is CC(C)c1ccc(C(=O)Cn2nc(-c3ccco3)oc2=O)cc1. The molecule has 0 spiro atoms. The molecule has 0 saturated carbocycles. The van der Waals surface area contributed by atoms with Gasteiger partial charge in [0.05, 0.1) is 6.26 Å². The predicted octanol–water partition coefficient (Wildman–Crippen LogP) is 3.10. The van der Waals surface area contributed by atoms with Gasteiger partial charge in [-0.2, -0.15) is 4.68 Å². The van der Waals surface area contributed by atoms with Gasteiger partial charge in [-0.1, -0.05) is 38.1 Å². The van der Waals surface area contributed by atoms with Gasteiger partial charge in [-0.25, -0.2) is 4.79 Å². The molecule has 6 nitrogen and oxygen atoms in total. The van der Waals surface area contributed by atoms with E-state index < -0.39 is 5.76 Å².